The molecule has 5 rings (SSSR count). The lowest BCUT2D eigenvalue weighted by molar-refractivity contribution is -0.133. The molecule has 1 aliphatic heterocycles. The van der Waals surface area contributed by atoms with Crippen LogP contribution in [-0.2, 0) is 25.1 Å². The molecule has 2 aromatic heterocycles. The largest absolute Gasteiger partial charge is 0.407 e. The summed E-state index contributed by atoms with van der Waals surface area (Å²) in [5.74, 6) is -0.113. The number of esters is 1. The molecule has 3 aromatic rings. The van der Waals surface area contributed by atoms with Gasteiger partial charge in [0.05, 0.1) is 0 Å². The van der Waals surface area contributed by atoms with Gasteiger partial charge in [-0.1, -0.05) is 19.3 Å². The Morgan fingerprint density at radius 1 is 1.23 bits per heavy atom. The van der Waals surface area contributed by atoms with Crippen LogP contribution in [0.25, 0.3) is 11.0 Å². The summed E-state index contributed by atoms with van der Waals surface area (Å²) in [7, 11) is -2.41. The zero-order chi connectivity index (χ0) is 25.0. The fraction of sp³-hybridized carbons (Fsp3) is 0.364. The van der Waals surface area contributed by atoms with Gasteiger partial charge >= 0.3 is 5.97 Å². The molecule has 2 aliphatic rings. The molecular weight excluding hydrogens is 477 g/mol. The van der Waals surface area contributed by atoms with Crippen molar-refractivity contribution in [2.24, 2.45) is 10.2 Å². The first-order valence-electron chi connectivity index (χ1n) is 11.1. The van der Waals surface area contributed by atoms with Crippen molar-refractivity contribution in [1.82, 2.24) is 14.5 Å². The topological polar surface area (TPSA) is 145 Å². The van der Waals surface area contributed by atoms with E-state index in [0.717, 1.165) is 55.4 Å². The molecule has 0 atom stereocenters. The Labute approximate surface area is 200 Å². The van der Waals surface area contributed by atoms with Crippen molar-refractivity contribution in [3.05, 3.63) is 36.3 Å². The predicted molar refractivity (Wildman–Crippen MR) is 127 cm³/mol. The molecule has 11 nitrogen and oxygen atoms in total. The highest BCUT2D eigenvalue weighted by atomic mass is 32.2. The molecule has 3 N–H and O–H groups in total. The van der Waals surface area contributed by atoms with E-state index in [0.29, 0.717) is 11.5 Å². The first-order valence-corrected chi connectivity index (χ1v) is 12.6. The van der Waals surface area contributed by atoms with Crippen LogP contribution >= 0.6 is 0 Å². The van der Waals surface area contributed by atoms with Crippen LogP contribution in [0.5, 0.6) is 0 Å². The average molecular weight is 502 g/mol. The molecule has 1 saturated carbocycles. The van der Waals surface area contributed by atoms with E-state index in [9.17, 15) is 17.6 Å². The molecule has 0 radical (unpaired) electrons. The van der Waals surface area contributed by atoms with Gasteiger partial charge in [0.1, 0.15) is 27.7 Å². The van der Waals surface area contributed by atoms with Crippen molar-refractivity contribution < 1.29 is 22.3 Å². The Hall–Kier alpha value is -3.58. The van der Waals surface area contributed by atoms with E-state index in [1.165, 1.54) is 13.0 Å². The number of ether oxygens (including phenoxy) is 1. The highest BCUT2D eigenvalue weighted by Crippen LogP contribution is 2.45. The van der Waals surface area contributed by atoms with Gasteiger partial charge in [0.15, 0.2) is 0 Å². The van der Waals surface area contributed by atoms with Crippen LogP contribution in [0.1, 0.15) is 39.0 Å². The smallest absolute Gasteiger partial charge is 0.309 e. The Morgan fingerprint density at radius 3 is 2.63 bits per heavy atom. The summed E-state index contributed by atoms with van der Waals surface area (Å²) in [5, 5.41) is 14.9. The SMILES string of the molecule is CC(=O)OC1=NN(C)c2cc3cnc(Nc4ccc(S(N)(=O)=O)c(F)c4)nc3n2C12CCCCC2. The fourth-order valence-corrected chi connectivity index (χ4v) is 5.42. The van der Waals surface area contributed by atoms with Crippen molar-refractivity contribution in [3.8, 4) is 0 Å². The van der Waals surface area contributed by atoms with Crippen molar-refractivity contribution >= 4 is 50.4 Å². The maximum Gasteiger partial charge on any atom is 0.309 e. The van der Waals surface area contributed by atoms with E-state index in [-0.39, 0.29) is 11.6 Å². The van der Waals surface area contributed by atoms with Gasteiger partial charge < -0.3 is 10.1 Å². The summed E-state index contributed by atoms with van der Waals surface area (Å²) in [6, 6.07) is 5.40. The first-order chi connectivity index (χ1) is 16.6. The van der Waals surface area contributed by atoms with Crippen LogP contribution in [0.15, 0.2) is 40.5 Å². The van der Waals surface area contributed by atoms with Gasteiger partial charge in [0, 0.05) is 31.2 Å². The second kappa shape index (κ2) is 8.27. The number of nitrogens with two attached hydrogens (primary N) is 1. The van der Waals surface area contributed by atoms with Crippen LogP contribution in [0.4, 0.5) is 21.8 Å². The van der Waals surface area contributed by atoms with Crippen LogP contribution in [-0.4, -0.2) is 41.9 Å². The van der Waals surface area contributed by atoms with Crippen molar-refractivity contribution in [2.45, 2.75) is 49.5 Å². The number of sulfonamides is 1. The number of aromatic nitrogens is 3. The number of primary sulfonamides is 1. The molecular formula is C22H24FN7O4S. The summed E-state index contributed by atoms with van der Waals surface area (Å²) < 4.78 is 44.9. The van der Waals surface area contributed by atoms with Gasteiger partial charge in [-0.3, -0.25) is 9.36 Å². The molecule has 0 unspecified atom stereocenters. The van der Waals surface area contributed by atoms with Crippen molar-refractivity contribution in [3.63, 3.8) is 0 Å². The normalized spacial score (nSPS) is 17.3. The fourth-order valence-electron chi connectivity index (χ4n) is 4.84. The highest BCUT2D eigenvalue weighted by Gasteiger charge is 2.47. The Kier molecular flexibility index (Phi) is 5.48. The molecule has 0 saturated heterocycles. The Bertz CT molecular complexity index is 1480. The Balaban J connectivity index is 1.59. The third-order valence-electron chi connectivity index (χ3n) is 6.34. The third kappa shape index (κ3) is 4.00. The van der Waals surface area contributed by atoms with Gasteiger partial charge in [-0.25, -0.2) is 27.9 Å². The lowest BCUT2D eigenvalue weighted by atomic mass is 9.80. The second-order valence-corrected chi connectivity index (χ2v) is 10.3. The predicted octanol–water partition coefficient (Wildman–Crippen LogP) is 2.95. The maximum atomic E-state index is 14.3. The second-order valence-electron chi connectivity index (χ2n) is 8.74. The number of rotatable bonds is 3. The van der Waals surface area contributed by atoms with E-state index in [2.05, 4.69) is 15.4 Å². The van der Waals surface area contributed by atoms with E-state index in [1.807, 2.05) is 10.6 Å². The van der Waals surface area contributed by atoms with Crippen molar-refractivity contribution in [2.75, 3.05) is 17.4 Å². The molecule has 35 heavy (non-hydrogen) atoms. The minimum atomic E-state index is -4.18. The lowest BCUT2D eigenvalue weighted by Gasteiger charge is -2.43. The maximum absolute atomic E-state index is 14.3. The van der Waals surface area contributed by atoms with E-state index < -0.39 is 32.2 Å². The quantitative estimate of drug-likeness (QED) is 0.521. The number of hydrogen-bond donors (Lipinski definition) is 2. The Morgan fingerprint density at radius 2 is 1.97 bits per heavy atom. The number of carbonyl (C=O) groups excluding carboxylic acids is 1. The summed E-state index contributed by atoms with van der Waals surface area (Å²) >= 11 is 0. The van der Waals surface area contributed by atoms with Gasteiger partial charge in [0.2, 0.25) is 21.9 Å². The number of hydrogen-bond acceptors (Lipinski definition) is 9. The molecule has 13 heteroatoms. The number of fused-ring (bicyclic) bond motifs is 4. The monoisotopic (exact) mass is 501 g/mol. The standard InChI is InChI=1S/C22H24FN7O4S/c1-13(31)34-20-22(8-4-3-5-9-22)30-18(29(2)28-20)10-14-12-25-21(27-19(14)30)26-15-6-7-17(16(23)11-15)35(24,32)33/h6-7,10-12H,3-5,8-9H2,1-2H3,(H2,24,32,33)(H,25,26,27). The number of nitrogens with one attached hydrogen (secondary N) is 1. The van der Waals surface area contributed by atoms with Crippen LogP contribution in [0.2, 0.25) is 0 Å². The van der Waals surface area contributed by atoms with E-state index in [1.54, 1.807) is 18.3 Å². The molecule has 0 amide bonds. The van der Waals surface area contributed by atoms with Gasteiger partial charge in [-0.05, 0) is 37.1 Å². The number of carbonyl (C=O) groups is 1. The van der Waals surface area contributed by atoms with Gasteiger partial charge in [-0.15, -0.1) is 5.10 Å². The molecule has 1 aliphatic carbocycles. The summed E-state index contributed by atoms with van der Waals surface area (Å²) in [5.41, 5.74) is 0.196. The molecule has 1 spiro atoms. The van der Waals surface area contributed by atoms with E-state index >= 15 is 0 Å². The zero-order valence-corrected chi connectivity index (χ0v) is 20.0. The summed E-state index contributed by atoms with van der Waals surface area (Å²) in [6.45, 7) is 1.35. The van der Waals surface area contributed by atoms with E-state index in [4.69, 9.17) is 14.9 Å². The first kappa shape index (κ1) is 23.2. The molecule has 3 heterocycles. The van der Waals surface area contributed by atoms with Gasteiger partial charge in [-0.2, -0.15) is 4.98 Å². The molecule has 1 fully saturated rings. The number of hydrazone groups is 1. The summed E-state index contributed by atoms with van der Waals surface area (Å²) in [6.07, 6.45) is 6.06. The highest BCUT2D eigenvalue weighted by molar-refractivity contribution is 7.89. The minimum absolute atomic E-state index is 0.186. The van der Waals surface area contributed by atoms with Gasteiger partial charge in [0.25, 0.3) is 0 Å². The molecule has 1 aromatic carbocycles. The third-order valence-corrected chi connectivity index (χ3v) is 7.28. The summed E-state index contributed by atoms with van der Waals surface area (Å²) in [4.78, 5) is 20.3. The lowest BCUT2D eigenvalue weighted by Crippen LogP contribution is -2.50. The average Bonchev–Trinajstić information content (AvgIpc) is 3.17. The van der Waals surface area contributed by atoms with Crippen molar-refractivity contribution in [1.29, 1.82) is 0 Å². The number of halogens is 1. The van der Waals surface area contributed by atoms with Crippen LogP contribution in [0, 0.1) is 5.82 Å². The van der Waals surface area contributed by atoms with Crippen LogP contribution < -0.4 is 15.5 Å². The molecule has 184 valence electrons. The minimum Gasteiger partial charge on any atom is -0.407 e. The number of nitrogens with zero attached hydrogens (tertiary/aromatic N) is 5. The number of benzene rings is 1. The number of anilines is 3. The van der Waals surface area contributed by atoms with Crippen LogP contribution in [0.3, 0.4) is 0 Å². The zero-order valence-electron chi connectivity index (χ0n) is 19.2. The molecule has 0 bridgehead atoms.